The van der Waals surface area contributed by atoms with E-state index in [1.54, 1.807) is 30.1 Å². The summed E-state index contributed by atoms with van der Waals surface area (Å²) >= 11 is 7.20. The van der Waals surface area contributed by atoms with E-state index in [-0.39, 0.29) is 121 Å². The van der Waals surface area contributed by atoms with E-state index in [4.69, 9.17) is 11.6 Å². The summed E-state index contributed by atoms with van der Waals surface area (Å²) in [7, 11) is 1.68. The number of phenols is 2. The minimum absolute atomic E-state index is 0. The maximum atomic E-state index is 14.7. The fraction of sp³-hybridized carbons (Fsp3) is 0.0370. The molecule has 0 bridgehead atoms. The summed E-state index contributed by atoms with van der Waals surface area (Å²) < 4.78 is 23.5. The molecule has 0 unspecified atom stereocenters. The molecule has 0 atom stereocenters. The minimum atomic E-state index is -0.935. The van der Waals surface area contributed by atoms with E-state index < -0.39 is 5.95 Å². The average Bonchev–Trinajstić information content (AvgIpc) is 3.05. The van der Waals surface area contributed by atoms with Gasteiger partial charge in [-0.25, -0.2) is 0 Å². The minimum Gasteiger partial charge on any atom is -0.691 e. The van der Waals surface area contributed by atoms with Crippen molar-refractivity contribution in [1.29, 1.82) is 0 Å². The van der Waals surface area contributed by atoms with Crippen molar-refractivity contribution in [2.75, 3.05) is 17.3 Å². The van der Waals surface area contributed by atoms with Crippen LogP contribution in [-0.2, 0) is 35.8 Å². The first-order chi connectivity index (χ1) is 21.8. The van der Waals surface area contributed by atoms with Crippen molar-refractivity contribution in [3.63, 3.8) is 0 Å². The summed E-state index contributed by atoms with van der Waals surface area (Å²) in [6, 6.07) is 19.4. The predicted octanol–water partition coefficient (Wildman–Crippen LogP) is 0.227. The van der Waals surface area contributed by atoms with Crippen LogP contribution < -0.4 is 79.8 Å². The van der Waals surface area contributed by atoms with Crippen LogP contribution in [0.2, 0.25) is 5.02 Å². The van der Waals surface area contributed by atoms with Gasteiger partial charge in [-0.1, -0.05) is 29.8 Å². The van der Waals surface area contributed by atoms with E-state index in [1.807, 2.05) is 30.3 Å². The zero-order valence-corrected chi connectivity index (χ0v) is 32.2. The number of rotatable bonds is 12. The molecule has 5 aromatic rings. The first kappa shape index (κ1) is 42.4. The summed E-state index contributed by atoms with van der Waals surface area (Å²) in [4.78, 5) is 10.3. The molecule has 1 radical (unpaired) electrons. The van der Waals surface area contributed by atoms with Gasteiger partial charge in [0, 0.05) is 45.8 Å². The molecule has 0 spiro atoms. The number of hydrogen-bond acceptors (Lipinski definition) is 16. The number of hydrogen-bond donors (Lipinski definition) is 3. The number of azo groups is 1. The SMILES string of the molecule is CN(c1ccccc1)c1nc(F)c(Cl)c(Nc2ccc3c(O)c(N=Nc4cc(SOO[O-])ccc4O)c(SOO[O-])cc3c2)n1.[Cu].[Na+].[Na+]. The normalized spacial score (nSPS) is 10.7. The number of aromatic nitrogens is 2. The van der Waals surface area contributed by atoms with Crippen LogP contribution in [0.1, 0.15) is 0 Å². The molecular formula is C27H18ClCuFN6Na2O8S2. The van der Waals surface area contributed by atoms with Crippen molar-refractivity contribution >= 4 is 81.0 Å². The van der Waals surface area contributed by atoms with E-state index in [1.165, 1.54) is 24.3 Å². The number of aromatic hydroxyl groups is 2. The van der Waals surface area contributed by atoms with Gasteiger partial charge in [-0.3, -0.25) is 10.1 Å². The first-order valence-electron chi connectivity index (χ1n) is 12.4. The Kier molecular flexibility index (Phi) is 17.8. The third-order valence-corrected chi connectivity index (χ3v) is 7.59. The molecule has 0 saturated carbocycles. The van der Waals surface area contributed by atoms with Crippen molar-refractivity contribution < 1.29 is 120 Å². The quantitative estimate of drug-likeness (QED) is 0.0390. The molecule has 4 aromatic carbocycles. The van der Waals surface area contributed by atoms with Crippen molar-refractivity contribution in [2.24, 2.45) is 10.2 Å². The smallest absolute Gasteiger partial charge is 0.691 e. The summed E-state index contributed by atoms with van der Waals surface area (Å²) in [6.07, 6.45) is 0. The molecule has 0 saturated heterocycles. The molecule has 0 aliphatic rings. The van der Waals surface area contributed by atoms with E-state index in [2.05, 4.69) is 44.3 Å². The van der Waals surface area contributed by atoms with Gasteiger partial charge < -0.3 is 30.9 Å². The zero-order chi connectivity index (χ0) is 31.9. The van der Waals surface area contributed by atoms with Crippen LogP contribution in [0.15, 0.2) is 92.8 Å². The first-order valence-corrected chi connectivity index (χ1v) is 14.2. The molecule has 14 nitrogen and oxygen atoms in total. The Bertz CT molecular complexity index is 1880. The zero-order valence-electron chi connectivity index (χ0n) is 24.9. The van der Waals surface area contributed by atoms with Gasteiger partial charge in [-0.05, 0) is 60.0 Å². The molecule has 48 heavy (non-hydrogen) atoms. The van der Waals surface area contributed by atoms with Gasteiger partial charge in [0.15, 0.2) is 11.6 Å². The largest absolute Gasteiger partial charge is 1.00 e. The van der Waals surface area contributed by atoms with E-state index in [9.17, 15) is 25.1 Å². The van der Waals surface area contributed by atoms with E-state index in [0.717, 1.165) is 5.69 Å². The van der Waals surface area contributed by atoms with Gasteiger partial charge in [0.05, 0.1) is 29.0 Å². The Morgan fingerprint density at radius 2 is 1.62 bits per heavy atom. The number of anilines is 4. The Morgan fingerprint density at radius 3 is 2.33 bits per heavy atom. The maximum Gasteiger partial charge on any atom is 1.00 e. The van der Waals surface area contributed by atoms with Gasteiger partial charge in [-0.2, -0.15) is 23.0 Å². The van der Waals surface area contributed by atoms with Crippen molar-refractivity contribution in [2.45, 2.75) is 9.79 Å². The molecule has 0 aliphatic carbocycles. The Morgan fingerprint density at radius 1 is 0.917 bits per heavy atom. The third-order valence-electron chi connectivity index (χ3n) is 6.07. The van der Waals surface area contributed by atoms with Crippen molar-refractivity contribution in [3.8, 4) is 11.5 Å². The van der Waals surface area contributed by atoms with Crippen LogP contribution in [0.4, 0.5) is 38.9 Å². The number of para-hydroxylation sites is 1. The number of halogens is 2. The summed E-state index contributed by atoms with van der Waals surface area (Å²) in [5, 5.41) is 60.2. The summed E-state index contributed by atoms with van der Waals surface area (Å²) in [6.45, 7) is 0. The molecule has 5 rings (SSSR count). The fourth-order valence-electron chi connectivity index (χ4n) is 3.98. The molecule has 1 aromatic heterocycles. The van der Waals surface area contributed by atoms with Gasteiger partial charge in [0.25, 0.3) is 0 Å². The topological polar surface area (TPSA) is 189 Å². The Hall–Kier alpha value is -1.78. The molecule has 0 amide bonds. The monoisotopic (exact) mass is 781 g/mol. The second-order valence-electron chi connectivity index (χ2n) is 8.79. The number of fused-ring (bicyclic) bond motifs is 1. The molecule has 0 fully saturated rings. The predicted molar refractivity (Wildman–Crippen MR) is 159 cm³/mol. The van der Waals surface area contributed by atoms with E-state index >= 15 is 0 Å². The molecule has 0 aliphatic heterocycles. The third kappa shape index (κ3) is 10.4. The van der Waals surface area contributed by atoms with Crippen LogP contribution in [-0.4, -0.2) is 27.2 Å². The van der Waals surface area contributed by atoms with Crippen LogP contribution in [0.5, 0.6) is 11.5 Å². The molecule has 21 heteroatoms. The van der Waals surface area contributed by atoms with E-state index in [0.29, 0.717) is 45.4 Å². The van der Waals surface area contributed by atoms with Gasteiger partial charge >= 0.3 is 59.1 Å². The molecule has 1 heterocycles. The average molecular weight is 783 g/mol. The van der Waals surface area contributed by atoms with Gasteiger partial charge in [0.2, 0.25) is 11.9 Å². The van der Waals surface area contributed by atoms with Crippen LogP contribution in [0.3, 0.4) is 0 Å². The number of phenolic OH excluding ortho intramolecular Hbond substituents is 2. The Balaban J connectivity index is 0.00000267. The van der Waals surface area contributed by atoms with Crippen LogP contribution in [0, 0.1) is 5.95 Å². The second kappa shape index (κ2) is 20.2. The molecule has 243 valence electrons. The van der Waals surface area contributed by atoms with Crippen LogP contribution >= 0.6 is 35.7 Å². The van der Waals surface area contributed by atoms with Gasteiger partial charge in [0.1, 0.15) is 22.1 Å². The van der Waals surface area contributed by atoms with Crippen LogP contribution in [0.25, 0.3) is 10.8 Å². The molecular weight excluding hydrogens is 764 g/mol. The van der Waals surface area contributed by atoms with Crippen molar-refractivity contribution in [1.82, 2.24) is 9.97 Å². The summed E-state index contributed by atoms with van der Waals surface area (Å²) in [5.74, 6) is -1.52. The second-order valence-corrected chi connectivity index (χ2v) is 10.7. The Labute approximate surface area is 340 Å². The fourth-order valence-corrected chi connectivity index (χ4v) is 4.99. The summed E-state index contributed by atoms with van der Waals surface area (Å²) in [5.41, 5.74) is 0.955. The molecule has 3 N–H and O–H groups in total. The van der Waals surface area contributed by atoms with Crippen molar-refractivity contribution in [3.05, 3.63) is 83.8 Å². The number of benzene rings is 4. The number of nitrogens with zero attached hydrogens (tertiary/aromatic N) is 5. The maximum absolute atomic E-state index is 14.7. The van der Waals surface area contributed by atoms with Gasteiger partial charge in [-0.15, -0.1) is 10.2 Å². The standard InChI is InChI=1S/C27H20ClFN6O8S2.Cu.2Na/c1-35(16-5-3-2-4-6-16)27-31-25(29)22(28)26(32-27)30-15-7-9-18-14(11-15)12-21(45-43-41-39)23(24(18)37)34-33-19-13-17(44-42-40-38)8-10-20(19)36;;;/h2-13,36-39H,1H3,(H,30,31,32);;;/q;;2*+1/p-2. The number of nitrogens with one attached hydrogen (secondary N) is 1.